The van der Waals surface area contributed by atoms with Gasteiger partial charge in [-0.2, -0.15) is 0 Å². The fraction of sp³-hybridized carbons (Fsp3) is 0.625. The minimum Gasteiger partial charge on any atom is -0.368 e. The Labute approximate surface area is 126 Å². The van der Waals surface area contributed by atoms with Gasteiger partial charge in [-0.3, -0.25) is 0 Å². The second kappa shape index (κ2) is 6.33. The molecule has 0 radical (unpaired) electrons. The van der Waals surface area contributed by atoms with Gasteiger partial charge in [-0.15, -0.1) is 0 Å². The molecule has 2 fully saturated rings. The topological polar surface area (TPSA) is 18.5 Å². The van der Waals surface area contributed by atoms with Crippen LogP contribution in [-0.4, -0.2) is 44.7 Å². The highest BCUT2D eigenvalue weighted by Gasteiger charge is 2.19. The van der Waals surface area contributed by atoms with Gasteiger partial charge in [0.25, 0.3) is 0 Å². The fourth-order valence-electron chi connectivity index (χ4n) is 3.18. The fourth-order valence-corrected chi connectivity index (χ4v) is 3.49. The standard InChI is InChI=1S/C16H24ClN3/c1-19-8-10-20(11-9-19)16-6-5-13(12-14(16)17)15-4-2-3-7-18-15/h5-6,12,15,18H,2-4,7-11H2,1H3. The number of benzene rings is 1. The van der Waals surface area contributed by atoms with Crippen molar-refractivity contribution >= 4 is 17.3 Å². The van der Waals surface area contributed by atoms with Crippen LogP contribution in [0.3, 0.4) is 0 Å². The lowest BCUT2D eigenvalue weighted by molar-refractivity contribution is 0.313. The van der Waals surface area contributed by atoms with Gasteiger partial charge in [0.2, 0.25) is 0 Å². The predicted molar refractivity (Wildman–Crippen MR) is 85.8 cm³/mol. The third-order valence-electron chi connectivity index (χ3n) is 4.53. The average Bonchev–Trinajstić information content (AvgIpc) is 2.49. The molecule has 0 bridgehead atoms. The third kappa shape index (κ3) is 3.11. The second-order valence-electron chi connectivity index (χ2n) is 6.00. The van der Waals surface area contributed by atoms with E-state index in [1.165, 1.54) is 30.5 Å². The Morgan fingerprint density at radius 2 is 1.95 bits per heavy atom. The quantitative estimate of drug-likeness (QED) is 0.904. The Morgan fingerprint density at radius 3 is 2.60 bits per heavy atom. The summed E-state index contributed by atoms with van der Waals surface area (Å²) in [6.07, 6.45) is 3.84. The molecule has 1 atom stereocenters. The molecular formula is C16H24ClN3. The van der Waals surface area contributed by atoms with Crippen molar-refractivity contribution in [2.75, 3.05) is 44.7 Å². The highest BCUT2D eigenvalue weighted by atomic mass is 35.5. The van der Waals surface area contributed by atoms with Crippen molar-refractivity contribution in [1.29, 1.82) is 0 Å². The van der Waals surface area contributed by atoms with E-state index in [9.17, 15) is 0 Å². The molecule has 0 saturated carbocycles. The van der Waals surface area contributed by atoms with Crippen LogP contribution in [0.1, 0.15) is 30.9 Å². The van der Waals surface area contributed by atoms with Crippen LogP contribution in [-0.2, 0) is 0 Å². The Hall–Kier alpha value is -0.770. The van der Waals surface area contributed by atoms with Crippen LogP contribution in [0.2, 0.25) is 5.02 Å². The monoisotopic (exact) mass is 293 g/mol. The summed E-state index contributed by atoms with van der Waals surface area (Å²) in [4.78, 5) is 4.77. The Bertz CT molecular complexity index is 449. The van der Waals surface area contributed by atoms with Gasteiger partial charge >= 0.3 is 0 Å². The summed E-state index contributed by atoms with van der Waals surface area (Å²) in [5.74, 6) is 0. The van der Waals surface area contributed by atoms with Crippen molar-refractivity contribution in [3.63, 3.8) is 0 Å². The Balaban J connectivity index is 1.73. The van der Waals surface area contributed by atoms with Crippen molar-refractivity contribution in [1.82, 2.24) is 10.2 Å². The summed E-state index contributed by atoms with van der Waals surface area (Å²) in [5, 5.41) is 4.49. The molecule has 2 aliphatic rings. The molecule has 1 unspecified atom stereocenters. The Kier molecular flexibility index (Phi) is 4.49. The SMILES string of the molecule is CN1CCN(c2ccc(C3CCCCN3)cc2Cl)CC1. The molecule has 0 spiro atoms. The lowest BCUT2D eigenvalue weighted by Gasteiger charge is -2.35. The molecule has 2 aliphatic heterocycles. The van der Waals surface area contributed by atoms with Gasteiger partial charge in [-0.05, 0) is 44.1 Å². The van der Waals surface area contributed by atoms with Crippen molar-refractivity contribution in [3.8, 4) is 0 Å². The average molecular weight is 294 g/mol. The normalized spacial score (nSPS) is 24.9. The van der Waals surface area contributed by atoms with Gasteiger partial charge in [0.1, 0.15) is 0 Å². The van der Waals surface area contributed by atoms with E-state index in [0.717, 1.165) is 37.7 Å². The molecule has 1 N–H and O–H groups in total. The van der Waals surface area contributed by atoms with E-state index in [0.29, 0.717) is 6.04 Å². The molecule has 2 saturated heterocycles. The maximum absolute atomic E-state index is 6.54. The van der Waals surface area contributed by atoms with Crippen molar-refractivity contribution in [2.45, 2.75) is 25.3 Å². The minimum atomic E-state index is 0.489. The highest BCUT2D eigenvalue weighted by Crippen LogP contribution is 2.31. The van der Waals surface area contributed by atoms with Gasteiger partial charge in [0.15, 0.2) is 0 Å². The Morgan fingerprint density at radius 1 is 1.15 bits per heavy atom. The molecular weight excluding hydrogens is 270 g/mol. The number of halogens is 1. The summed E-state index contributed by atoms with van der Waals surface area (Å²) in [6.45, 7) is 5.49. The maximum atomic E-state index is 6.54. The van der Waals surface area contributed by atoms with E-state index in [4.69, 9.17) is 11.6 Å². The zero-order chi connectivity index (χ0) is 13.9. The molecule has 0 aliphatic carbocycles. The van der Waals surface area contributed by atoms with Crippen LogP contribution in [0, 0.1) is 0 Å². The van der Waals surface area contributed by atoms with Crippen LogP contribution < -0.4 is 10.2 Å². The lowest BCUT2D eigenvalue weighted by Crippen LogP contribution is -2.44. The molecule has 1 aromatic rings. The van der Waals surface area contributed by atoms with Gasteiger partial charge in [0, 0.05) is 32.2 Å². The molecule has 2 heterocycles. The summed E-state index contributed by atoms with van der Waals surface area (Å²) < 4.78 is 0. The predicted octanol–water partition coefficient (Wildman–Crippen LogP) is 2.91. The summed E-state index contributed by atoms with van der Waals surface area (Å²) in [5.41, 5.74) is 2.53. The number of rotatable bonds is 2. The van der Waals surface area contributed by atoms with Gasteiger partial charge in [-0.25, -0.2) is 0 Å². The second-order valence-corrected chi connectivity index (χ2v) is 6.41. The van der Waals surface area contributed by atoms with Crippen molar-refractivity contribution in [3.05, 3.63) is 28.8 Å². The van der Waals surface area contributed by atoms with Gasteiger partial charge in [-0.1, -0.05) is 24.1 Å². The summed E-state index contributed by atoms with van der Waals surface area (Å²) in [7, 11) is 2.18. The van der Waals surface area contributed by atoms with E-state index < -0.39 is 0 Å². The van der Waals surface area contributed by atoms with Gasteiger partial charge in [0.05, 0.1) is 10.7 Å². The van der Waals surface area contributed by atoms with Crippen LogP contribution >= 0.6 is 11.6 Å². The van der Waals surface area contributed by atoms with Gasteiger partial charge < -0.3 is 15.1 Å². The van der Waals surface area contributed by atoms with E-state index in [-0.39, 0.29) is 0 Å². The number of likely N-dealkylation sites (N-methyl/N-ethyl adjacent to an activating group) is 1. The number of hydrogen-bond acceptors (Lipinski definition) is 3. The van der Waals surface area contributed by atoms with E-state index in [1.54, 1.807) is 0 Å². The molecule has 1 aromatic carbocycles. The van der Waals surface area contributed by atoms with E-state index >= 15 is 0 Å². The van der Waals surface area contributed by atoms with Crippen LogP contribution in [0.5, 0.6) is 0 Å². The van der Waals surface area contributed by atoms with Crippen LogP contribution in [0.15, 0.2) is 18.2 Å². The summed E-state index contributed by atoms with van der Waals surface area (Å²) >= 11 is 6.54. The maximum Gasteiger partial charge on any atom is 0.0642 e. The number of nitrogens with zero attached hydrogens (tertiary/aromatic N) is 2. The highest BCUT2D eigenvalue weighted by molar-refractivity contribution is 6.33. The first-order chi connectivity index (χ1) is 9.74. The molecule has 4 heteroatoms. The minimum absolute atomic E-state index is 0.489. The molecule has 0 aromatic heterocycles. The number of piperazine rings is 1. The number of piperidine rings is 1. The van der Waals surface area contributed by atoms with E-state index in [1.807, 2.05) is 0 Å². The zero-order valence-corrected chi connectivity index (χ0v) is 13.0. The number of nitrogens with one attached hydrogen (secondary N) is 1. The first-order valence-electron chi connectivity index (χ1n) is 7.70. The number of anilines is 1. The third-order valence-corrected chi connectivity index (χ3v) is 4.83. The molecule has 3 rings (SSSR count). The zero-order valence-electron chi connectivity index (χ0n) is 12.2. The first-order valence-corrected chi connectivity index (χ1v) is 8.08. The molecule has 20 heavy (non-hydrogen) atoms. The smallest absolute Gasteiger partial charge is 0.0642 e. The molecule has 0 amide bonds. The number of hydrogen-bond donors (Lipinski definition) is 1. The lowest BCUT2D eigenvalue weighted by atomic mass is 9.97. The van der Waals surface area contributed by atoms with Crippen molar-refractivity contribution < 1.29 is 0 Å². The molecule has 3 nitrogen and oxygen atoms in total. The van der Waals surface area contributed by atoms with E-state index in [2.05, 4.69) is 40.4 Å². The van der Waals surface area contributed by atoms with Crippen molar-refractivity contribution in [2.24, 2.45) is 0 Å². The largest absolute Gasteiger partial charge is 0.368 e. The summed E-state index contributed by atoms with van der Waals surface area (Å²) in [6, 6.07) is 7.11. The molecule has 110 valence electrons. The van der Waals surface area contributed by atoms with Crippen LogP contribution in [0.4, 0.5) is 5.69 Å². The first kappa shape index (κ1) is 14.2. The van der Waals surface area contributed by atoms with Crippen LogP contribution in [0.25, 0.3) is 0 Å².